The average molecular weight is 554 g/mol. The summed E-state index contributed by atoms with van der Waals surface area (Å²) < 4.78 is 11.0. The Balaban J connectivity index is 1.99. The number of imide groups is 1. The first-order valence-corrected chi connectivity index (χ1v) is 13.0. The molecule has 11 nitrogen and oxygen atoms in total. The average Bonchev–Trinajstić information content (AvgIpc) is 2.84. The minimum absolute atomic E-state index is 0.105. The van der Waals surface area contributed by atoms with Crippen LogP contribution in [0.2, 0.25) is 0 Å². The van der Waals surface area contributed by atoms with Crippen LogP contribution in [0, 0.1) is 17.3 Å². The largest absolute Gasteiger partial charge is 0.507 e. The van der Waals surface area contributed by atoms with Gasteiger partial charge in [0.25, 0.3) is 5.91 Å². The molecule has 0 unspecified atom stereocenters. The van der Waals surface area contributed by atoms with Crippen LogP contribution >= 0.6 is 0 Å². The molecule has 1 saturated carbocycles. The molecule has 214 valence electrons. The van der Waals surface area contributed by atoms with Gasteiger partial charge < -0.3 is 19.5 Å². The van der Waals surface area contributed by atoms with Crippen molar-refractivity contribution in [3.05, 3.63) is 40.2 Å². The van der Waals surface area contributed by atoms with Gasteiger partial charge in [0.05, 0.1) is 24.1 Å². The number of anilines is 1. The molecule has 2 N–H and O–H groups in total. The number of nitrogens with one attached hydrogen (secondary N) is 1. The van der Waals surface area contributed by atoms with Crippen LogP contribution in [0.3, 0.4) is 0 Å². The van der Waals surface area contributed by atoms with Crippen molar-refractivity contribution in [2.24, 2.45) is 17.3 Å². The van der Waals surface area contributed by atoms with Gasteiger partial charge in [-0.3, -0.25) is 34.2 Å². The molecule has 2 amide bonds. The molecule has 0 bridgehead atoms. The monoisotopic (exact) mass is 553 g/mol. The second-order valence-electron chi connectivity index (χ2n) is 11.2. The number of fused-ring (bicyclic) bond motifs is 3. The van der Waals surface area contributed by atoms with Crippen LogP contribution < -0.4 is 15.0 Å². The van der Waals surface area contributed by atoms with E-state index in [1.807, 2.05) is 25.1 Å². The Hall–Kier alpha value is -3.99. The number of likely N-dealkylation sites (N-methyl/N-ethyl adjacent to an activating group) is 1. The lowest BCUT2D eigenvalue weighted by molar-refractivity contribution is -0.149. The molecular formula is C29H35N3O8. The first-order valence-electron chi connectivity index (χ1n) is 13.0. The minimum atomic E-state index is -1.79. The van der Waals surface area contributed by atoms with Crippen molar-refractivity contribution in [1.29, 1.82) is 0 Å². The summed E-state index contributed by atoms with van der Waals surface area (Å²) in [7, 11) is 8.63. The van der Waals surface area contributed by atoms with Crippen LogP contribution in [0.5, 0.6) is 5.75 Å². The fourth-order valence-corrected chi connectivity index (χ4v) is 6.55. The molecule has 1 aromatic carbocycles. The highest BCUT2D eigenvalue weighted by Gasteiger charge is 2.63. The molecule has 0 heterocycles. The molecule has 4 atom stereocenters. The topological polar surface area (TPSA) is 143 Å². The van der Waals surface area contributed by atoms with Gasteiger partial charge in [0.2, 0.25) is 5.91 Å². The summed E-state index contributed by atoms with van der Waals surface area (Å²) in [6.45, 7) is 3.72. The lowest BCUT2D eigenvalue weighted by Gasteiger charge is -2.52. The van der Waals surface area contributed by atoms with E-state index in [0.29, 0.717) is 17.7 Å². The van der Waals surface area contributed by atoms with Crippen LogP contribution in [-0.4, -0.2) is 80.7 Å². The lowest BCUT2D eigenvalue weighted by atomic mass is 9.52. The van der Waals surface area contributed by atoms with E-state index >= 15 is 0 Å². The van der Waals surface area contributed by atoms with Gasteiger partial charge in [-0.2, -0.15) is 0 Å². The first-order chi connectivity index (χ1) is 18.7. The van der Waals surface area contributed by atoms with E-state index in [4.69, 9.17) is 9.47 Å². The van der Waals surface area contributed by atoms with Crippen LogP contribution in [0.25, 0.3) is 5.76 Å². The molecule has 1 aromatic rings. The maximum atomic E-state index is 14.4. The van der Waals surface area contributed by atoms with E-state index in [1.165, 1.54) is 14.0 Å². The number of methoxy groups -OCH3 is 1. The van der Waals surface area contributed by atoms with E-state index in [9.17, 15) is 29.1 Å². The van der Waals surface area contributed by atoms with Gasteiger partial charge in [0.15, 0.2) is 11.6 Å². The standard InChI is InChI=1S/C29H35N3O8/c1-13(33)30-28(38)22-25(40-14(2)34)23(32(6)7)17-12-15-11-16-18(31(4)5)9-10-19(39-8)21(16)24(35)20(15)26(36)29(17,3)27(22)37/h9-10,15,17,23,35H,11-12H2,1-8H3,(H,30,33,38)/t15-,17-,23-,29+/m0/s1. The van der Waals surface area contributed by atoms with Crippen molar-refractivity contribution in [1.82, 2.24) is 10.2 Å². The summed E-state index contributed by atoms with van der Waals surface area (Å²) >= 11 is 0. The number of ketones is 2. The van der Waals surface area contributed by atoms with Crippen LogP contribution in [0.4, 0.5) is 5.69 Å². The van der Waals surface area contributed by atoms with Crippen molar-refractivity contribution >= 4 is 40.8 Å². The summed E-state index contributed by atoms with van der Waals surface area (Å²) in [5.74, 6) is -5.22. The number of rotatable bonds is 5. The fourth-order valence-electron chi connectivity index (χ4n) is 6.55. The van der Waals surface area contributed by atoms with Gasteiger partial charge in [0.1, 0.15) is 22.8 Å². The van der Waals surface area contributed by atoms with E-state index in [1.54, 1.807) is 25.1 Å². The van der Waals surface area contributed by atoms with Gasteiger partial charge in [-0.25, -0.2) is 0 Å². The first kappa shape index (κ1) is 29.0. The summed E-state index contributed by atoms with van der Waals surface area (Å²) in [5.41, 5.74) is -0.172. The highest BCUT2D eigenvalue weighted by Crippen LogP contribution is 2.56. The third kappa shape index (κ3) is 4.28. The van der Waals surface area contributed by atoms with Crippen molar-refractivity contribution in [2.75, 3.05) is 40.2 Å². The maximum absolute atomic E-state index is 14.4. The number of ether oxygens (including phenoxy) is 2. The summed E-state index contributed by atoms with van der Waals surface area (Å²) in [6.07, 6.45) is 0.683. The Bertz CT molecular complexity index is 1410. The molecule has 40 heavy (non-hydrogen) atoms. The zero-order valence-electron chi connectivity index (χ0n) is 24.0. The molecule has 0 saturated heterocycles. The number of esters is 1. The summed E-state index contributed by atoms with van der Waals surface area (Å²) in [6, 6.07) is 2.78. The highest BCUT2D eigenvalue weighted by atomic mass is 16.5. The zero-order valence-corrected chi connectivity index (χ0v) is 24.0. The molecule has 1 fully saturated rings. The number of benzene rings is 1. The van der Waals surface area contributed by atoms with Gasteiger partial charge in [0, 0.05) is 45.1 Å². The maximum Gasteiger partial charge on any atom is 0.307 e. The highest BCUT2D eigenvalue weighted by molar-refractivity contribution is 6.32. The van der Waals surface area contributed by atoms with E-state index < -0.39 is 58.2 Å². The Morgan fingerprint density at radius 1 is 1.07 bits per heavy atom. The normalized spacial score (nSPS) is 25.7. The number of carbonyl (C=O) groups excluding carboxylic acids is 5. The van der Waals surface area contributed by atoms with Gasteiger partial charge in [-0.15, -0.1) is 0 Å². The number of carbonyl (C=O) groups is 5. The number of nitrogens with zero attached hydrogens (tertiary/aromatic N) is 2. The van der Waals surface area contributed by atoms with Crippen LogP contribution in [0.1, 0.15) is 38.3 Å². The Morgan fingerprint density at radius 2 is 1.73 bits per heavy atom. The van der Waals surface area contributed by atoms with Crippen molar-refractivity contribution in [3.8, 4) is 5.75 Å². The van der Waals surface area contributed by atoms with E-state index in [0.717, 1.165) is 25.1 Å². The lowest BCUT2D eigenvalue weighted by Crippen LogP contribution is -2.62. The third-order valence-electron chi connectivity index (χ3n) is 8.22. The summed E-state index contributed by atoms with van der Waals surface area (Å²) in [5, 5.41) is 13.7. The third-order valence-corrected chi connectivity index (χ3v) is 8.22. The number of allylic oxidation sites excluding steroid dienone is 1. The molecule has 0 aromatic heterocycles. The second kappa shape index (κ2) is 10.2. The van der Waals surface area contributed by atoms with Crippen molar-refractivity contribution < 1.29 is 38.6 Å². The molecule has 3 aliphatic rings. The van der Waals surface area contributed by atoms with Crippen molar-refractivity contribution in [3.63, 3.8) is 0 Å². The predicted molar refractivity (Wildman–Crippen MR) is 145 cm³/mol. The Labute approximate surface area is 232 Å². The molecule has 0 spiro atoms. The van der Waals surface area contributed by atoms with Gasteiger partial charge in [-0.1, -0.05) is 0 Å². The number of aliphatic hydroxyl groups excluding tert-OH is 1. The molecule has 0 radical (unpaired) electrons. The number of hydrogen-bond acceptors (Lipinski definition) is 10. The molecule has 11 heteroatoms. The number of aliphatic hydroxyl groups is 1. The molecule has 4 rings (SSSR count). The number of amides is 2. The second-order valence-corrected chi connectivity index (χ2v) is 11.2. The predicted octanol–water partition coefficient (Wildman–Crippen LogP) is 1.79. The van der Waals surface area contributed by atoms with Crippen LogP contribution in [0.15, 0.2) is 29.0 Å². The fraction of sp³-hybridized carbons (Fsp3) is 0.483. The number of Topliss-reactive ketones (excluding diaryl/α,β-unsaturated/α-hetero) is 2. The quantitative estimate of drug-likeness (QED) is 0.315. The van der Waals surface area contributed by atoms with Gasteiger partial charge >= 0.3 is 5.97 Å². The Morgan fingerprint density at radius 3 is 2.25 bits per heavy atom. The number of hydrogen-bond donors (Lipinski definition) is 2. The van der Waals surface area contributed by atoms with E-state index in [2.05, 4.69) is 5.32 Å². The molecule has 3 aliphatic carbocycles. The Kier molecular flexibility index (Phi) is 7.40. The van der Waals surface area contributed by atoms with Crippen molar-refractivity contribution in [2.45, 2.75) is 39.7 Å². The van der Waals surface area contributed by atoms with E-state index in [-0.39, 0.29) is 23.5 Å². The molecule has 0 aliphatic heterocycles. The zero-order chi connectivity index (χ0) is 29.8. The van der Waals surface area contributed by atoms with Crippen LogP contribution in [-0.2, 0) is 35.1 Å². The minimum Gasteiger partial charge on any atom is -0.507 e. The smallest absolute Gasteiger partial charge is 0.307 e. The molecular weight excluding hydrogens is 518 g/mol. The van der Waals surface area contributed by atoms with Gasteiger partial charge in [-0.05, 0) is 57.5 Å². The SMILES string of the molecule is COc1ccc(N(C)C)c2c1C(O)=C1C(=O)[C@]3(C)C(=O)C(C(=O)NC(C)=O)=C(OC(C)=O)[C@@H](N(C)C)[C@@H]3C[C@@H]1C2. The summed E-state index contributed by atoms with van der Waals surface area (Å²) in [4.78, 5) is 69.3.